The molecule has 2 aromatic rings. The summed E-state index contributed by atoms with van der Waals surface area (Å²) in [6.45, 7) is 2.07. The molecule has 4 heteroatoms. The molecule has 1 amide bonds. The Hall–Kier alpha value is -1.84. The molecule has 0 saturated heterocycles. The zero-order chi connectivity index (χ0) is 11.8. The van der Waals surface area contributed by atoms with Gasteiger partial charge in [0.25, 0.3) is 5.91 Å². The maximum atomic E-state index is 12.0. The molecule has 0 spiro atoms. The van der Waals surface area contributed by atoms with Crippen LogP contribution in [-0.2, 0) is 0 Å². The third-order valence-electron chi connectivity index (χ3n) is 3.37. The molecule has 88 valence electrons. The van der Waals surface area contributed by atoms with Gasteiger partial charge in [0, 0.05) is 11.6 Å². The molecule has 1 aliphatic rings. The molecular weight excluding hydrogens is 214 g/mol. The molecule has 0 bridgehead atoms. The molecule has 1 fully saturated rings. The summed E-state index contributed by atoms with van der Waals surface area (Å²) in [6.07, 6.45) is 4.11. The van der Waals surface area contributed by atoms with Crippen LogP contribution in [0.15, 0.2) is 24.5 Å². The Labute approximate surface area is 99.4 Å². The van der Waals surface area contributed by atoms with Crippen LogP contribution in [0.1, 0.15) is 30.1 Å². The number of carbonyl (C=O) groups excluding carboxylic acids is 1. The highest BCUT2D eigenvalue weighted by Crippen LogP contribution is 2.32. The highest BCUT2D eigenvalue weighted by atomic mass is 16.1. The van der Waals surface area contributed by atoms with Gasteiger partial charge in [-0.3, -0.25) is 4.79 Å². The van der Waals surface area contributed by atoms with E-state index < -0.39 is 0 Å². The minimum absolute atomic E-state index is 0.000833. The number of aromatic amines is 1. The first-order valence-corrected chi connectivity index (χ1v) is 5.98. The van der Waals surface area contributed by atoms with Crippen molar-refractivity contribution >= 4 is 16.9 Å². The topological polar surface area (TPSA) is 57.8 Å². The predicted molar refractivity (Wildman–Crippen MR) is 65.7 cm³/mol. The van der Waals surface area contributed by atoms with Crippen molar-refractivity contribution in [1.82, 2.24) is 15.3 Å². The van der Waals surface area contributed by atoms with Crippen LogP contribution in [0.25, 0.3) is 11.0 Å². The number of hydrogen-bond donors (Lipinski definition) is 2. The van der Waals surface area contributed by atoms with Crippen molar-refractivity contribution < 1.29 is 4.79 Å². The van der Waals surface area contributed by atoms with E-state index >= 15 is 0 Å². The fourth-order valence-corrected chi connectivity index (χ4v) is 2.08. The Balaban J connectivity index is 1.79. The second-order valence-corrected chi connectivity index (χ2v) is 4.73. The van der Waals surface area contributed by atoms with Crippen molar-refractivity contribution in [1.29, 1.82) is 0 Å². The molecule has 1 atom stereocenters. The van der Waals surface area contributed by atoms with E-state index in [0.29, 0.717) is 11.5 Å². The third-order valence-corrected chi connectivity index (χ3v) is 3.37. The van der Waals surface area contributed by atoms with Crippen LogP contribution in [0, 0.1) is 5.92 Å². The molecule has 0 radical (unpaired) electrons. The van der Waals surface area contributed by atoms with Gasteiger partial charge in [0.2, 0.25) is 0 Å². The number of nitrogens with zero attached hydrogens (tertiary/aromatic N) is 1. The Morgan fingerprint density at radius 1 is 1.53 bits per heavy atom. The number of fused-ring (bicyclic) bond motifs is 1. The van der Waals surface area contributed by atoms with Crippen molar-refractivity contribution in [3.63, 3.8) is 0 Å². The fourth-order valence-electron chi connectivity index (χ4n) is 2.08. The molecule has 0 unspecified atom stereocenters. The van der Waals surface area contributed by atoms with Crippen LogP contribution < -0.4 is 5.32 Å². The molecule has 1 aliphatic carbocycles. The van der Waals surface area contributed by atoms with Gasteiger partial charge in [-0.2, -0.15) is 0 Å². The summed E-state index contributed by atoms with van der Waals surface area (Å²) in [4.78, 5) is 19.2. The van der Waals surface area contributed by atoms with Gasteiger partial charge in [-0.15, -0.1) is 0 Å². The number of imidazole rings is 1. The van der Waals surface area contributed by atoms with E-state index in [9.17, 15) is 4.79 Å². The standard InChI is InChI=1S/C13H15N3O/c1-8(9-2-3-9)16-13(17)10-4-5-11-12(6-10)15-7-14-11/h4-9H,2-3H2,1H3,(H,14,15)(H,16,17)/t8-/m1/s1. The Morgan fingerprint density at radius 3 is 3.12 bits per heavy atom. The molecule has 17 heavy (non-hydrogen) atoms. The summed E-state index contributed by atoms with van der Waals surface area (Å²) in [6, 6.07) is 5.80. The van der Waals surface area contributed by atoms with Crippen LogP contribution in [-0.4, -0.2) is 21.9 Å². The van der Waals surface area contributed by atoms with Gasteiger partial charge in [-0.05, 0) is 43.9 Å². The maximum Gasteiger partial charge on any atom is 0.251 e. The van der Waals surface area contributed by atoms with E-state index in [1.165, 1.54) is 12.8 Å². The number of rotatable bonds is 3. The first-order chi connectivity index (χ1) is 8.24. The summed E-state index contributed by atoms with van der Waals surface area (Å²) in [5.41, 5.74) is 2.47. The molecule has 2 N–H and O–H groups in total. The van der Waals surface area contributed by atoms with Gasteiger partial charge in [0.15, 0.2) is 0 Å². The fraction of sp³-hybridized carbons (Fsp3) is 0.385. The number of amides is 1. The number of nitrogens with one attached hydrogen (secondary N) is 2. The number of H-pyrrole nitrogens is 1. The number of hydrogen-bond acceptors (Lipinski definition) is 2. The van der Waals surface area contributed by atoms with E-state index in [2.05, 4.69) is 22.2 Å². The van der Waals surface area contributed by atoms with E-state index in [1.807, 2.05) is 18.2 Å². The summed E-state index contributed by atoms with van der Waals surface area (Å²) in [7, 11) is 0. The highest BCUT2D eigenvalue weighted by Gasteiger charge is 2.29. The van der Waals surface area contributed by atoms with Gasteiger partial charge in [0.1, 0.15) is 0 Å². The molecule has 1 aromatic heterocycles. The average Bonchev–Trinajstić information content (AvgIpc) is 3.07. The quantitative estimate of drug-likeness (QED) is 0.846. The van der Waals surface area contributed by atoms with Gasteiger partial charge in [0.05, 0.1) is 17.4 Å². The summed E-state index contributed by atoms with van der Waals surface area (Å²) in [5, 5.41) is 3.04. The molecule has 1 saturated carbocycles. The van der Waals surface area contributed by atoms with Gasteiger partial charge in [-0.25, -0.2) is 4.98 Å². The van der Waals surface area contributed by atoms with E-state index in [1.54, 1.807) is 6.33 Å². The van der Waals surface area contributed by atoms with Crippen LogP contribution in [0.5, 0.6) is 0 Å². The van der Waals surface area contributed by atoms with Crippen molar-refractivity contribution in [2.24, 2.45) is 5.92 Å². The first-order valence-electron chi connectivity index (χ1n) is 5.98. The van der Waals surface area contributed by atoms with Crippen molar-refractivity contribution in [3.8, 4) is 0 Å². The lowest BCUT2D eigenvalue weighted by molar-refractivity contribution is 0.0936. The molecular formula is C13H15N3O. The largest absolute Gasteiger partial charge is 0.349 e. The Kier molecular flexibility index (Phi) is 2.35. The van der Waals surface area contributed by atoms with E-state index in [0.717, 1.165) is 11.0 Å². The van der Waals surface area contributed by atoms with Crippen molar-refractivity contribution in [2.45, 2.75) is 25.8 Å². The monoisotopic (exact) mass is 229 g/mol. The van der Waals surface area contributed by atoms with Crippen LogP contribution in [0.3, 0.4) is 0 Å². The smallest absolute Gasteiger partial charge is 0.251 e. The van der Waals surface area contributed by atoms with E-state index in [4.69, 9.17) is 0 Å². The Bertz CT molecular complexity index is 557. The molecule has 0 aliphatic heterocycles. The summed E-state index contributed by atoms with van der Waals surface area (Å²) in [5.74, 6) is 0.677. The van der Waals surface area contributed by atoms with Crippen LogP contribution in [0.4, 0.5) is 0 Å². The SMILES string of the molecule is C[C@@H](NC(=O)c1ccc2nc[nH]c2c1)C1CC1. The maximum absolute atomic E-state index is 12.0. The van der Waals surface area contributed by atoms with Crippen molar-refractivity contribution in [3.05, 3.63) is 30.1 Å². The lowest BCUT2D eigenvalue weighted by atomic mass is 10.1. The van der Waals surface area contributed by atoms with E-state index in [-0.39, 0.29) is 11.9 Å². The zero-order valence-corrected chi connectivity index (χ0v) is 9.73. The van der Waals surface area contributed by atoms with Gasteiger partial charge >= 0.3 is 0 Å². The second-order valence-electron chi connectivity index (χ2n) is 4.73. The third kappa shape index (κ3) is 2.02. The molecule has 3 rings (SSSR count). The molecule has 4 nitrogen and oxygen atoms in total. The lowest BCUT2D eigenvalue weighted by Crippen LogP contribution is -2.33. The summed E-state index contributed by atoms with van der Waals surface area (Å²) >= 11 is 0. The van der Waals surface area contributed by atoms with Crippen LogP contribution in [0.2, 0.25) is 0 Å². The first kappa shape index (κ1) is 10.3. The highest BCUT2D eigenvalue weighted by molar-refractivity contribution is 5.97. The van der Waals surface area contributed by atoms with Gasteiger partial charge in [-0.1, -0.05) is 0 Å². The molecule has 1 aromatic carbocycles. The summed E-state index contributed by atoms with van der Waals surface area (Å²) < 4.78 is 0. The average molecular weight is 229 g/mol. The van der Waals surface area contributed by atoms with Crippen molar-refractivity contribution in [2.75, 3.05) is 0 Å². The van der Waals surface area contributed by atoms with Gasteiger partial charge < -0.3 is 10.3 Å². The normalized spacial score (nSPS) is 17.0. The number of aromatic nitrogens is 2. The number of carbonyl (C=O) groups is 1. The Morgan fingerprint density at radius 2 is 2.35 bits per heavy atom. The minimum Gasteiger partial charge on any atom is -0.349 e. The molecule has 1 heterocycles. The predicted octanol–water partition coefficient (Wildman–Crippen LogP) is 2.09. The van der Waals surface area contributed by atoms with Crippen LogP contribution >= 0.6 is 0 Å². The zero-order valence-electron chi connectivity index (χ0n) is 9.73. The lowest BCUT2D eigenvalue weighted by Gasteiger charge is -2.12. The minimum atomic E-state index is 0.000833. The second kappa shape index (κ2) is 3.87. The number of benzene rings is 1.